The molecule has 0 aromatic heterocycles. The summed E-state index contributed by atoms with van der Waals surface area (Å²) in [6.45, 7) is 8.85. The number of rotatable bonds is 5. The molecule has 0 rings (SSSR count). The Morgan fingerprint density at radius 2 is 2.07 bits per heavy atom. The van der Waals surface area contributed by atoms with Crippen LogP contribution in [0.1, 0.15) is 40.5 Å². The van der Waals surface area contributed by atoms with E-state index >= 15 is 0 Å². The zero-order valence-electron chi connectivity index (χ0n) is 10.2. The molecule has 0 fully saturated rings. The van der Waals surface area contributed by atoms with Crippen molar-refractivity contribution in [1.29, 1.82) is 0 Å². The van der Waals surface area contributed by atoms with Crippen molar-refractivity contribution >= 4 is 5.91 Å². The second-order valence-corrected chi connectivity index (χ2v) is 4.62. The highest BCUT2D eigenvalue weighted by Crippen LogP contribution is 1.98. The molecule has 0 aliphatic rings. The molecule has 1 atom stereocenters. The van der Waals surface area contributed by atoms with Gasteiger partial charge in [-0.15, -0.1) is 6.42 Å². The molecule has 2 N–H and O–H groups in total. The molecule has 3 nitrogen and oxygen atoms in total. The Kier molecular flexibility index (Phi) is 6.03. The third kappa shape index (κ3) is 8.02. The minimum atomic E-state index is -0.132. The van der Waals surface area contributed by atoms with Gasteiger partial charge >= 0.3 is 0 Å². The molecule has 0 bridgehead atoms. The summed E-state index contributed by atoms with van der Waals surface area (Å²) >= 11 is 0. The fourth-order valence-electron chi connectivity index (χ4n) is 1.08. The zero-order chi connectivity index (χ0) is 11.9. The Hall–Kier alpha value is -1.01. The topological polar surface area (TPSA) is 41.1 Å². The molecule has 3 heteroatoms. The van der Waals surface area contributed by atoms with Crippen LogP contribution in [0.4, 0.5) is 0 Å². The van der Waals surface area contributed by atoms with E-state index in [0.29, 0.717) is 13.0 Å². The Labute approximate surface area is 93.0 Å². The third-order valence-corrected chi connectivity index (χ3v) is 1.95. The number of carbonyl (C=O) groups is 1. The van der Waals surface area contributed by atoms with Crippen molar-refractivity contribution in [1.82, 2.24) is 10.6 Å². The fourth-order valence-corrected chi connectivity index (χ4v) is 1.08. The summed E-state index contributed by atoms with van der Waals surface area (Å²) in [4.78, 5) is 11.4. The molecule has 15 heavy (non-hydrogen) atoms. The number of hydrogen-bond acceptors (Lipinski definition) is 2. The number of hydrogen-bond donors (Lipinski definition) is 2. The number of amides is 1. The van der Waals surface area contributed by atoms with Gasteiger partial charge in [-0.2, -0.15) is 0 Å². The molecule has 1 unspecified atom stereocenters. The van der Waals surface area contributed by atoms with E-state index in [1.165, 1.54) is 0 Å². The van der Waals surface area contributed by atoms with E-state index in [4.69, 9.17) is 6.42 Å². The Balaban J connectivity index is 3.72. The Bertz CT molecular complexity index is 235. The number of nitrogens with one attached hydrogen (secondary N) is 2. The molecule has 0 radical (unpaired) electrons. The number of terminal acetylenes is 1. The summed E-state index contributed by atoms with van der Waals surface area (Å²) in [7, 11) is 0. The SMILES string of the molecule is C#CC(CC)NC(=O)CCNC(C)(C)C. The van der Waals surface area contributed by atoms with Crippen LogP contribution in [0.5, 0.6) is 0 Å². The predicted octanol–water partition coefficient (Wildman–Crippen LogP) is 1.29. The van der Waals surface area contributed by atoms with Crippen molar-refractivity contribution in [3.8, 4) is 12.3 Å². The largest absolute Gasteiger partial charge is 0.342 e. The normalized spacial score (nSPS) is 13.0. The second kappa shape index (κ2) is 6.47. The van der Waals surface area contributed by atoms with Gasteiger partial charge in [0.25, 0.3) is 0 Å². The monoisotopic (exact) mass is 210 g/mol. The predicted molar refractivity (Wildman–Crippen MR) is 63.4 cm³/mol. The van der Waals surface area contributed by atoms with Gasteiger partial charge < -0.3 is 10.6 Å². The summed E-state index contributed by atoms with van der Waals surface area (Å²) < 4.78 is 0. The molecule has 0 heterocycles. The van der Waals surface area contributed by atoms with E-state index in [9.17, 15) is 4.79 Å². The zero-order valence-corrected chi connectivity index (χ0v) is 10.2. The van der Waals surface area contributed by atoms with Crippen molar-refractivity contribution < 1.29 is 4.79 Å². The first-order valence-electron chi connectivity index (χ1n) is 5.39. The van der Waals surface area contributed by atoms with Crippen molar-refractivity contribution in [2.75, 3.05) is 6.54 Å². The third-order valence-electron chi connectivity index (χ3n) is 1.95. The van der Waals surface area contributed by atoms with E-state index in [1.54, 1.807) is 0 Å². The van der Waals surface area contributed by atoms with Crippen LogP contribution in [0.3, 0.4) is 0 Å². The lowest BCUT2D eigenvalue weighted by Crippen LogP contribution is -2.40. The summed E-state index contributed by atoms with van der Waals surface area (Å²) in [6.07, 6.45) is 6.49. The maximum atomic E-state index is 11.4. The maximum Gasteiger partial charge on any atom is 0.222 e. The van der Waals surface area contributed by atoms with E-state index < -0.39 is 0 Å². The fraction of sp³-hybridized carbons (Fsp3) is 0.750. The summed E-state index contributed by atoms with van der Waals surface area (Å²) in [5.41, 5.74) is 0.0521. The molecule has 0 aromatic rings. The quantitative estimate of drug-likeness (QED) is 0.671. The summed E-state index contributed by atoms with van der Waals surface area (Å²) in [5.74, 6) is 2.55. The lowest BCUT2D eigenvalue weighted by atomic mass is 10.1. The standard InChI is InChI=1S/C12H22N2O/c1-6-10(7-2)14-11(15)8-9-13-12(3,4)5/h1,10,13H,7-9H2,2-5H3,(H,14,15). The van der Waals surface area contributed by atoms with Crippen LogP contribution < -0.4 is 10.6 Å². The molecule has 0 saturated carbocycles. The van der Waals surface area contributed by atoms with Gasteiger partial charge in [0.1, 0.15) is 0 Å². The van der Waals surface area contributed by atoms with E-state index in [2.05, 4.69) is 37.3 Å². The first-order valence-corrected chi connectivity index (χ1v) is 5.39. The van der Waals surface area contributed by atoms with Crippen LogP contribution in [-0.2, 0) is 4.79 Å². The van der Waals surface area contributed by atoms with Gasteiger partial charge in [0.15, 0.2) is 0 Å². The first kappa shape index (κ1) is 14.0. The van der Waals surface area contributed by atoms with Crippen LogP contribution in [0.25, 0.3) is 0 Å². The minimum Gasteiger partial charge on any atom is -0.342 e. The van der Waals surface area contributed by atoms with Gasteiger partial charge in [-0.1, -0.05) is 12.8 Å². The Morgan fingerprint density at radius 3 is 2.47 bits per heavy atom. The van der Waals surface area contributed by atoms with Crippen LogP contribution in [0, 0.1) is 12.3 Å². The lowest BCUT2D eigenvalue weighted by molar-refractivity contribution is -0.121. The van der Waals surface area contributed by atoms with Gasteiger partial charge in [-0.3, -0.25) is 4.79 Å². The highest BCUT2D eigenvalue weighted by atomic mass is 16.1. The van der Waals surface area contributed by atoms with E-state index in [0.717, 1.165) is 6.42 Å². The van der Waals surface area contributed by atoms with Gasteiger partial charge in [0.05, 0.1) is 6.04 Å². The van der Waals surface area contributed by atoms with E-state index in [1.807, 2.05) is 6.92 Å². The van der Waals surface area contributed by atoms with Crippen LogP contribution in [0.2, 0.25) is 0 Å². The highest BCUT2D eigenvalue weighted by molar-refractivity contribution is 5.76. The maximum absolute atomic E-state index is 11.4. The van der Waals surface area contributed by atoms with Crippen LogP contribution in [0.15, 0.2) is 0 Å². The highest BCUT2D eigenvalue weighted by Gasteiger charge is 2.10. The first-order chi connectivity index (χ1) is 6.89. The average molecular weight is 210 g/mol. The molecule has 1 amide bonds. The molecule has 86 valence electrons. The molecule has 0 spiro atoms. The minimum absolute atomic E-state index is 0.0107. The average Bonchev–Trinajstić information content (AvgIpc) is 2.12. The molecule has 0 aliphatic carbocycles. The molecular weight excluding hydrogens is 188 g/mol. The van der Waals surface area contributed by atoms with Crippen molar-refractivity contribution in [2.24, 2.45) is 0 Å². The molecule has 0 aliphatic heterocycles. The Morgan fingerprint density at radius 1 is 1.47 bits per heavy atom. The van der Waals surface area contributed by atoms with Gasteiger partial charge in [-0.05, 0) is 27.2 Å². The summed E-state index contributed by atoms with van der Waals surface area (Å²) in [5, 5.41) is 6.04. The van der Waals surface area contributed by atoms with Gasteiger partial charge in [0.2, 0.25) is 5.91 Å². The van der Waals surface area contributed by atoms with Gasteiger partial charge in [-0.25, -0.2) is 0 Å². The van der Waals surface area contributed by atoms with E-state index in [-0.39, 0.29) is 17.5 Å². The van der Waals surface area contributed by atoms with Crippen molar-refractivity contribution in [2.45, 2.75) is 52.1 Å². The number of carbonyl (C=O) groups excluding carboxylic acids is 1. The van der Waals surface area contributed by atoms with Crippen molar-refractivity contribution in [3.63, 3.8) is 0 Å². The molecule has 0 aromatic carbocycles. The lowest BCUT2D eigenvalue weighted by Gasteiger charge is -2.20. The smallest absolute Gasteiger partial charge is 0.222 e. The van der Waals surface area contributed by atoms with Gasteiger partial charge in [0, 0.05) is 18.5 Å². The molecular formula is C12H22N2O. The van der Waals surface area contributed by atoms with Crippen LogP contribution in [-0.4, -0.2) is 24.0 Å². The second-order valence-electron chi connectivity index (χ2n) is 4.62. The molecule has 0 saturated heterocycles. The summed E-state index contributed by atoms with van der Waals surface area (Å²) in [6, 6.07) is -0.132. The van der Waals surface area contributed by atoms with Crippen molar-refractivity contribution in [3.05, 3.63) is 0 Å². The van der Waals surface area contributed by atoms with Crippen LogP contribution >= 0.6 is 0 Å².